The lowest BCUT2D eigenvalue weighted by Gasteiger charge is -2.32. The van der Waals surface area contributed by atoms with E-state index in [1.165, 1.54) is 24.0 Å². The van der Waals surface area contributed by atoms with Crippen LogP contribution >= 0.6 is 0 Å². The van der Waals surface area contributed by atoms with Crippen LogP contribution in [0.2, 0.25) is 0 Å². The van der Waals surface area contributed by atoms with E-state index in [1.807, 2.05) is 32.0 Å². The summed E-state index contributed by atoms with van der Waals surface area (Å²) in [6, 6.07) is 12.3. The minimum atomic E-state index is -0.584. The van der Waals surface area contributed by atoms with Gasteiger partial charge < -0.3 is 15.0 Å². The number of hydrogen-bond acceptors (Lipinski definition) is 7. The Balaban J connectivity index is 1.40. The maximum absolute atomic E-state index is 13.4. The molecule has 2 aliphatic rings. The van der Waals surface area contributed by atoms with Crippen molar-refractivity contribution >= 4 is 22.7 Å². The van der Waals surface area contributed by atoms with E-state index in [4.69, 9.17) is 14.7 Å². The summed E-state index contributed by atoms with van der Waals surface area (Å²) in [6.07, 6.45) is 6.71. The highest BCUT2D eigenvalue weighted by Gasteiger charge is 2.48. The number of likely N-dealkylation sites (N-methyl/N-ethyl adjacent to an activating group) is 1. The fourth-order valence-corrected chi connectivity index (χ4v) is 5.89. The SMILES string of the molecule is C=CCn1c(=O)c2cnc(Nc3ccc4c(c3)CN(C)CC43CC3)nc2n1-c1cccc(C(C)(C)OCCC)n1. The summed E-state index contributed by atoms with van der Waals surface area (Å²) in [5.41, 5.74) is 4.56. The molecule has 6 rings (SSSR count). The lowest BCUT2D eigenvalue weighted by Crippen LogP contribution is -2.35. The first-order chi connectivity index (χ1) is 19.2. The highest BCUT2D eigenvalue weighted by Crippen LogP contribution is 2.52. The van der Waals surface area contributed by atoms with E-state index in [-0.39, 0.29) is 5.56 Å². The van der Waals surface area contributed by atoms with Crippen LogP contribution < -0.4 is 10.9 Å². The molecule has 1 spiro atoms. The zero-order valence-electron chi connectivity index (χ0n) is 23.8. The minimum Gasteiger partial charge on any atom is -0.369 e. The van der Waals surface area contributed by atoms with E-state index in [2.05, 4.69) is 54.0 Å². The van der Waals surface area contributed by atoms with Crippen LogP contribution in [0.1, 0.15) is 56.9 Å². The molecule has 1 fully saturated rings. The van der Waals surface area contributed by atoms with Crippen molar-refractivity contribution in [1.29, 1.82) is 0 Å². The van der Waals surface area contributed by atoms with Crippen molar-refractivity contribution in [3.8, 4) is 5.82 Å². The number of nitrogens with zero attached hydrogens (tertiary/aromatic N) is 6. The summed E-state index contributed by atoms with van der Waals surface area (Å²) in [4.78, 5) is 30.1. The van der Waals surface area contributed by atoms with Crippen LogP contribution in [0.15, 0.2) is 60.0 Å². The number of ether oxygens (including phenoxy) is 1. The molecule has 1 saturated carbocycles. The molecule has 208 valence electrons. The largest absolute Gasteiger partial charge is 0.369 e. The Hall–Kier alpha value is -3.82. The Kier molecular flexibility index (Phi) is 6.59. The molecule has 3 aromatic heterocycles. The second kappa shape index (κ2) is 9.98. The number of rotatable bonds is 9. The van der Waals surface area contributed by atoms with Gasteiger partial charge in [-0.1, -0.05) is 25.1 Å². The number of pyridine rings is 1. The van der Waals surface area contributed by atoms with Crippen molar-refractivity contribution in [2.45, 2.75) is 64.1 Å². The van der Waals surface area contributed by atoms with Gasteiger partial charge in [0.1, 0.15) is 11.0 Å². The van der Waals surface area contributed by atoms with E-state index in [0.717, 1.165) is 30.9 Å². The fraction of sp³-hybridized carbons (Fsp3) is 0.419. The Morgan fingerprint density at radius 1 is 1.20 bits per heavy atom. The highest BCUT2D eigenvalue weighted by molar-refractivity contribution is 5.77. The van der Waals surface area contributed by atoms with E-state index >= 15 is 0 Å². The predicted molar refractivity (Wildman–Crippen MR) is 157 cm³/mol. The van der Waals surface area contributed by atoms with Crippen LogP contribution in [-0.4, -0.2) is 49.4 Å². The van der Waals surface area contributed by atoms with Crippen molar-refractivity contribution in [3.63, 3.8) is 0 Å². The molecule has 1 aliphatic carbocycles. The summed E-state index contributed by atoms with van der Waals surface area (Å²) >= 11 is 0. The predicted octanol–water partition coefficient (Wildman–Crippen LogP) is 5.05. The van der Waals surface area contributed by atoms with E-state index in [9.17, 15) is 4.79 Å². The highest BCUT2D eigenvalue weighted by atomic mass is 16.5. The lowest BCUT2D eigenvalue weighted by atomic mass is 9.87. The second-order valence-corrected chi connectivity index (χ2v) is 11.6. The zero-order valence-corrected chi connectivity index (χ0v) is 23.8. The molecule has 0 amide bonds. The molecule has 0 radical (unpaired) electrons. The zero-order chi connectivity index (χ0) is 28.1. The molecule has 1 aliphatic heterocycles. The number of nitrogens with one attached hydrogen (secondary N) is 1. The minimum absolute atomic E-state index is 0.193. The Bertz CT molecular complexity index is 1650. The van der Waals surface area contributed by atoms with Crippen molar-refractivity contribution < 1.29 is 4.74 Å². The monoisotopic (exact) mass is 539 g/mol. The van der Waals surface area contributed by atoms with Gasteiger partial charge >= 0.3 is 0 Å². The fourth-order valence-electron chi connectivity index (χ4n) is 5.89. The standard InChI is InChI=1S/C31H37N7O2/c1-6-15-37-28(39)23-18-32-29(33-22-11-12-24-21(17-22)19-36(5)20-31(24)13-14-31)35-27(23)38(37)26-10-8-9-25(34-26)30(3,4)40-16-7-2/h6,8-12,17-18H,1,7,13-16,19-20H2,2-5H3,(H,32,33,35). The van der Waals surface area contributed by atoms with Crippen LogP contribution in [0, 0.1) is 0 Å². The molecule has 40 heavy (non-hydrogen) atoms. The molecular weight excluding hydrogens is 502 g/mol. The Morgan fingerprint density at radius 3 is 2.77 bits per heavy atom. The molecule has 4 heterocycles. The number of allylic oxidation sites excluding steroid dienone is 1. The van der Waals surface area contributed by atoms with E-state index < -0.39 is 5.60 Å². The second-order valence-electron chi connectivity index (χ2n) is 11.6. The average molecular weight is 540 g/mol. The van der Waals surface area contributed by atoms with Crippen LogP contribution in [-0.2, 0) is 28.8 Å². The third-order valence-corrected chi connectivity index (χ3v) is 8.01. The summed E-state index contributed by atoms with van der Waals surface area (Å²) in [7, 11) is 2.19. The maximum atomic E-state index is 13.4. The first kappa shape index (κ1) is 26.4. The van der Waals surface area contributed by atoms with Crippen molar-refractivity contribution in [2.24, 2.45) is 0 Å². The van der Waals surface area contributed by atoms with Crippen LogP contribution in [0.3, 0.4) is 0 Å². The third kappa shape index (κ3) is 4.63. The molecule has 9 nitrogen and oxygen atoms in total. The third-order valence-electron chi connectivity index (χ3n) is 8.01. The van der Waals surface area contributed by atoms with Gasteiger partial charge in [0.2, 0.25) is 5.95 Å². The molecule has 0 atom stereocenters. The van der Waals surface area contributed by atoms with E-state index in [1.54, 1.807) is 21.6 Å². The molecule has 9 heteroatoms. The van der Waals surface area contributed by atoms with Gasteiger partial charge in [-0.2, -0.15) is 4.98 Å². The number of hydrogen-bond donors (Lipinski definition) is 1. The summed E-state index contributed by atoms with van der Waals surface area (Å²) in [6.45, 7) is 12.9. The number of fused-ring (bicyclic) bond motifs is 3. The van der Waals surface area contributed by atoms with Gasteiger partial charge in [-0.15, -0.1) is 6.58 Å². The van der Waals surface area contributed by atoms with Crippen molar-refractivity contribution in [2.75, 3.05) is 25.5 Å². The first-order valence-corrected chi connectivity index (χ1v) is 14.0. The van der Waals surface area contributed by atoms with Crippen LogP contribution in [0.5, 0.6) is 0 Å². The van der Waals surface area contributed by atoms with Crippen molar-refractivity contribution in [1.82, 2.24) is 29.2 Å². The molecule has 4 aromatic rings. The molecule has 0 unspecified atom stereocenters. The molecule has 1 aromatic carbocycles. The Morgan fingerprint density at radius 2 is 2.02 bits per heavy atom. The summed E-state index contributed by atoms with van der Waals surface area (Å²) in [5, 5.41) is 3.80. The van der Waals surface area contributed by atoms with Gasteiger partial charge in [0.05, 0.1) is 12.2 Å². The first-order valence-electron chi connectivity index (χ1n) is 14.0. The van der Waals surface area contributed by atoms with Gasteiger partial charge in [-0.3, -0.25) is 4.79 Å². The lowest BCUT2D eigenvalue weighted by molar-refractivity contribution is -0.0244. The van der Waals surface area contributed by atoms with Gasteiger partial charge in [0, 0.05) is 37.0 Å². The number of aromatic nitrogens is 5. The van der Waals surface area contributed by atoms with Gasteiger partial charge in [0.25, 0.3) is 5.56 Å². The molecule has 0 saturated heterocycles. The normalized spacial score (nSPS) is 16.3. The summed E-state index contributed by atoms with van der Waals surface area (Å²) in [5.74, 6) is 1.00. The topological polar surface area (TPSA) is 90.1 Å². The quantitative estimate of drug-likeness (QED) is 0.298. The van der Waals surface area contributed by atoms with Crippen LogP contribution in [0.4, 0.5) is 11.6 Å². The molecule has 0 bridgehead atoms. The van der Waals surface area contributed by atoms with Gasteiger partial charge in [-0.05, 0) is 75.5 Å². The van der Waals surface area contributed by atoms with Crippen LogP contribution in [0.25, 0.3) is 16.9 Å². The number of anilines is 2. The summed E-state index contributed by atoms with van der Waals surface area (Å²) < 4.78 is 9.42. The van der Waals surface area contributed by atoms with Crippen molar-refractivity contribution in [3.05, 3.63) is 82.4 Å². The molecule has 1 N–H and O–H groups in total. The van der Waals surface area contributed by atoms with Gasteiger partial charge in [0.15, 0.2) is 11.5 Å². The average Bonchev–Trinajstić information content (AvgIpc) is 3.64. The van der Waals surface area contributed by atoms with Gasteiger partial charge in [-0.25, -0.2) is 19.3 Å². The molecular formula is C31H37N7O2. The van der Waals surface area contributed by atoms with E-state index in [0.29, 0.717) is 41.4 Å². The maximum Gasteiger partial charge on any atom is 0.278 e. The Labute approximate surface area is 234 Å². The smallest absolute Gasteiger partial charge is 0.278 e. The number of benzene rings is 1.